The van der Waals surface area contributed by atoms with E-state index >= 15 is 0 Å². The zero-order chi connectivity index (χ0) is 57.9. The highest BCUT2D eigenvalue weighted by molar-refractivity contribution is 7.47. The Bertz CT molecular complexity index is 1670. The number of allylic oxidation sites excluding steroid dienone is 15. The molecule has 9 nitrogen and oxygen atoms in total. The molecule has 0 aliphatic carbocycles. The van der Waals surface area contributed by atoms with Gasteiger partial charge in [0.25, 0.3) is 0 Å². The van der Waals surface area contributed by atoms with Gasteiger partial charge >= 0.3 is 13.8 Å². The fourth-order valence-electron chi connectivity index (χ4n) is 9.00. The van der Waals surface area contributed by atoms with Gasteiger partial charge in [-0.05, 0) is 109 Å². The fourth-order valence-corrected chi connectivity index (χ4v) is 9.73. The Morgan fingerprint density at radius 1 is 0.456 bits per heavy atom. The number of ether oxygens (including phenoxy) is 1. The van der Waals surface area contributed by atoms with Gasteiger partial charge in [0.15, 0.2) is 0 Å². The second kappa shape index (κ2) is 58.1. The number of phosphoric ester groups is 1. The van der Waals surface area contributed by atoms with E-state index < -0.39 is 20.0 Å². The van der Waals surface area contributed by atoms with E-state index in [-0.39, 0.29) is 31.5 Å². The van der Waals surface area contributed by atoms with E-state index in [0.29, 0.717) is 17.4 Å². The van der Waals surface area contributed by atoms with Crippen LogP contribution in [0.1, 0.15) is 278 Å². The maximum atomic E-state index is 13.6. The van der Waals surface area contributed by atoms with Gasteiger partial charge in [0.05, 0.1) is 33.8 Å². The summed E-state index contributed by atoms with van der Waals surface area (Å²) < 4.78 is 30.7. The van der Waals surface area contributed by atoms with Crippen LogP contribution in [-0.4, -0.2) is 74.3 Å². The molecule has 0 radical (unpaired) electrons. The van der Waals surface area contributed by atoms with Crippen LogP contribution in [0.4, 0.5) is 0 Å². The van der Waals surface area contributed by atoms with E-state index in [0.717, 1.165) is 122 Å². The van der Waals surface area contributed by atoms with E-state index in [1.807, 2.05) is 33.3 Å². The summed E-state index contributed by atoms with van der Waals surface area (Å²) in [4.78, 5) is 37.8. The largest absolute Gasteiger partial charge is 0.472 e. The third-order valence-electron chi connectivity index (χ3n) is 14.0. The normalized spacial score (nSPS) is 14.3. The molecule has 0 heterocycles. The molecule has 0 saturated heterocycles. The molecule has 0 spiro atoms. The van der Waals surface area contributed by atoms with Crippen LogP contribution >= 0.6 is 7.82 Å². The van der Waals surface area contributed by atoms with Crippen molar-refractivity contribution in [3.63, 3.8) is 0 Å². The van der Waals surface area contributed by atoms with Crippen LogP contribution in [0.3, 0.4) is 0 Å². The van der Waals surface area contributed by atoms with Gasteiger partial charge in [-0.3, -0.25) is 18.6 Å². The summed E-state index contributed by atoms with van der Waals surface area (Å²) in [5.41, 5.74) is 0. The van der Waals surface area contributed by atoms with E-state index in [9.17, 15) is 19.0 Å². The number of esters is 1. The zero-order valence-electron chi connectivity index (χ0n) is 52.1. The molecular formula is C69H124N2O7P+. The van der Waals surface area contributed by atoms with E-state index in [1.165, 1.54) is 122 Å². The lowest BCUT2D eigenvalue weighted by atomic mass is 10.0. The lowest BCUT2D eigenvalue weighted by molar-refractivity contribution is -0.870. The number of quaternary nitrogens is 1. The van der Waals surface area contributed by atoms with Crippen molar-refractivity contribution >= 4 is 19.7 Å². The summed E-state index contributed by atoms with van der Waals surface area (Å²) >= 11 is 0. The molecule has 10 heteroatoms. The predicted octanol–water partition coefficient (Wildman–Crippen LogP) is 20.3. The fraction of sp³-hybridized carbons (Fsp3) is 0.739. The average Bonchev–Trinajstić information content (AvgIpc) is 3.41. The Kier molecular flexibility index (Phi) is 55.9. The van der Waals surface area contributed by atoms with Crippen LogP contribution in [0.2, 0.25) is 0 Å². The molecule has 3 unspecified atom stereocenters. The Labute approximate surface area is 488 Å². The van der Waals surface area contributed by atoms with Crippen molar-refractivity contribution in [3.8, 4) is 0 Å². The lowest BCUT2D eigenvalue weighted by Crippen LogP contribution is -2.47. The molecule has 0 bridgehead atoms. The predicted molar refractivity (Wildman–Crippen MR) is 341 cm³/mol. The van der Waals surface area contributed by atoms with E-state index in [1.54, 1.807) is 0 Å². The molecule has 0 saturated carbocycles. The number of carbonyl (C=O) groups is 2. The number of hydrogen-bond acceptors (Lipinski definition) is 6. The highest BCUT2D eigenvalue weighted by Gasteiger charge is 2.30. The summed E-state index contributed by atoms with van der Waals surface area (Å²) in [6.45, 7) is 6.86. The van der Waals surface area contributed by atoms with Crippen LogP contribution in [0, 0.1) is 0 Å². The molecule has 456 valence electrons. The Balaban J connectivity index is 5.18. The minimum atomic E-state index is -4.46. The van der Waals surface area contributed by atoms with Crippen LogP contribution < -0.4 is 5.32 Å². The second-order valence-corrected chi connectivity index (χ2v) is 24.4. The molecule has 3 atom stereocenters. The third-order valence-corrected chi connectivity index (χ3v) is 15.0. The number of likely N-dealkylation sites (N-methyl/N-ethyl adjacent to an activating group) is 1. The van der Waals surface area contributed by atoms with E-state index in [2.05, 4.69) is 111 Å². The van der Waals surface area contributed by atoms with Gasteiger partial charge in [0, 0.05) is 12.8 Å². The minimum Gasteiger partial charge on any atom is -0.456 e. The molecule has 0 aromatic carbocycles. The number of amides is 1. The molecule has 0 aliphatic heterocycles. The van der Waals surface area contributed by atoms with E-state index in [4.69, 9.17) is 13.8 Å². The second-order valence-electron chi connectivity index (χ2n) is 22.9. The van der Waals surface area contributed by atoms with Crippen molar-refractivity contribution in [2.24, 2.45) is 0 Å². The maximum absolute atomic E-state index is 13.6. The molecule has 0 aliphatic rings. The molecule has 0 aromatic heterocycles. The number of carbonyl (C=O) groups excluding carboxylic acids is 2. The first kappa shape index (κ1) is 75.9. The van der Waals surface area contributed by atoms with Gasteiger partial charge in [-0.15, -0.1) is 0 Å². The number of hydrogen-bond donors (Lipinski definition) is 2. The Morgan fingerprint density at radius 2 is 0.810 bits per heavy atom. The third kappa shape index (κ3) is 59.4. The summed E-state index contributed by atoms with van der Waals surface area (Å²) in [6.07, 6.45) is 78.3. The minimum absolute atomic E-state index is 0.0334. The van der Waals surface area contributed by atoms with Crippen molar-refractivity contribution in [3.05, 3.63) is 97.2 Å². The quantitative estimate of drug-likeness (QED) is 0.0205. The van der Waals surface area contributed by atoms with Crippen molar-refractivity contribution < 1.29 is 37.3 Å². The summed E-state index contributed by atoms with van der Waals surface area (Å²) in [7, 11) is 1.48. The number of nitrogens with one attached hydrogen (secondary N) is 1. The summed E-state index contributed by atoms with van der Waals surface area (Å²) in [5.74, 6) is -0.524. The van der Waals surface area contributed by atoms with Crippen molar-refractivity contribution in [1.29, 1.82) is 0 Å². The first-order valence-electron chi connectivity index (χ1n) is 32.6. The van der Waals surface area contributed by atoms with Gasteiger partial charge in [0.2, 0.25) is 5.91 Å². The topological polar surface area (TPSA) is 111 Å². The molecule has 2 N–H and O–H groups in total. The summed E-state index contributed by atoms with van der Waals surface area (Å²) in [5, 5.41) is 3.05. The van der Waals surface area contributed by atoms with Gasteiger partial charge < -0.3 is 19.4 Å². The first-order chi connectivity index (χ1) is 38.4. The van der Waals surface area contributed by atoms with Crippen LogP contribution in [-0.2, 0) is 27.9 Å². The zero-order valence-corrected chi connectivity index (χ0v) is 53.0. The Morgan fingerprint density at radius 3 is 1.24 bits per heavy atom. The number of nitrogens with zero attached hydrogens (tertiary/aromatic N) is 1. The number of unbranched alkanes of at least 4 members (excludes halogenated alkanes) is 28. The molecule has 0 fully saturated rings. The van der Waals surface area contributed by atoms with Gasteiger partial charge in [-0.25, -0.2) is 4.57 Å². The van der Waals surface area contributed by atoms with Crippen molar-refractivity contribution in [2.75, 3.05) is 40.9 Å². The highest BCUT2D eigenvalue weighted by Crippen LogP contribution is 2.43. The van der Waals surface area contributed by atoms with Crippen LogP contribution in [0.15, 0.2) is 97.2 Å². The van der Waals surface area contributed by atoms with Gasteiger partial charge in [0.1, 0.15) is 19.3 Å². The van der Waals surface area contributed by atoms with Gasteiger partial charge in [-0.1, -0.05) is 253 Å². The number of phosphoric acid groups is 1. The maximum Gasteiger partial charge on any atom is 0.472 e. The SMILES string of the molecule is CC/C=C\C/C=C\C/C=C\C/C=C\C/C=C\CCCCCCCCCC(=O)OC(/C=C/CCCCCCCCCCC)C(COP(=O)(O)OCC[N+](C)(C)C)NC(=O)CCCCCCCCCCC/C=C\C/C=C\CCCCC. The van der Waals surface area contributed by atoms with Crippen molar-refractivity contribution in [1.82, 2.24) is 5.32 Å². The highest BCUT2D eigenvalue weighted by atomic mass is 31.2. The number of rotatable bonds is 58. The van der Waals surface area contributed by atoms with Crippen LogP contribution in [0.5, 0.6) is 0 Å². The van der Waals surface area contributed by atoms with Gasteiger partial charge in [-0.2, -0.15) is 0 Å². The Hall–Kier alpha value is -3.07. The molecule has 0 rings (SSSR count). The standard InChI is InChI=1S/C69H123N2O7P/c1-7-10-13-16-19-22-25-27-29-31-33-34-35-36-38-40-42-44-47-50-53-56-59-62-69(73)78-67(60-57-54-51-48-45-24-21-18-15-12-9-3)66(65-77-79(74,75)76-64-63-71(4,5)6)70-68(72)61-58-55-52-49-46-43-41-39-37-32-30-28-26-23-20-17-14-11-8-2/h10,13,19-20,22-23,27-30,33-34,36,38,57,60,66-67H,7-9,11-12,14-18,21,24-26,31-32,35,37,39-56,58-59,61-65H2,1-6H3,(H-,70,72,74,75)/p+1/b13-10-,22-19-,23-20-,29-27-,30-28-,34-33-,38-36-,60-57+. The monoisotopic (exact) mass is 1120 g/mol. The molecular weight excluding hydrogens is 1000 g/mol. The van der Waals surface area contributed by atoms with Crippen LogP contribution in [0.25, 0.3) is 0 Å². The lowest BCUT2D eigenvalue weighted by Gasteiger charge is -2.27. The van der Waals surface area contributed by atoms with Crippen molar-refractivity contribution in [2.45, 2.75) is 290 Å². The smallest absolute Gasteiger partial charge is 0.456 e. The molecule has 0 aromatic rings. The summed E-state index contributed by atoms with van der Waals surface area (Å²) in [6, 6.07) is -0.861. The molecule has 1 amide bonds. The molecule has 79 heavy (non-hydrogen) atoms. The first-order valence-corrected chi connectivity index (χ1v) is 34.1. The average molecular weight is 1120 g/mol.